The Morgan fingerprint density at radius 3 is 2.05 bits per heavy atom. The van der Waals surface area contributed by atoms with Gasteiger partial charge in [-0.3, -0.25) is 0 Å². The number of hydrogen-bond acceptors (Lipinski definition) is 1. The van der Waals surface area contributed by atoms with Crippen LogP contribution in [-0.4, -0.2) is 5.11 Å². The third kappa shape index (κ3) is 1.82. The lowest BCUT2D eigenvalue weighted by molar-refractivity contribution is -0.0820. The van der Waals surface area contributed by atoms with Crippen molar-refractivity contribution >= 4 is 0 Å². The highest BCUT2D eigenvalue weighted by molar-refractivity contribution is 5.47. The molecule has 1 N–H and O–H groups in total. The Kier molecular flexibility index (Phi) is 3.16. The van der Waals surface area contributed by atoms with Crippen molar-refractivity contribution in [1.29, 1.82) is 0 Å². The molecule has 1 heteroatoms. The van der Waals surface area contributed by atoms with Crippen molar-refractivity contribution in [3.63, 3.8) is 0 Å². The zero-order chi connectivity index (χ0) is 15.2. The summed E-state index contributed by atoms with van der Waals surface area (Å²) in [4.78, 5) is 0. The van der Waals surface area contributed by atoms with Gasteiger partial charge in [-0.1, -0.05) is 68.3 Å². The summed E-state index contributed by atoms with van der Waals surface area (Å²) in [6.45, 7) is 2.21. The summed E-state index contributed by atoms with van der Waals surface area (Å²) >= 11 is 0. The van der Waals surface area contributed by atoms with E-state index in [0.717, 1.165) is 38.5 Å². The second-order valence-electron chi connectivity index (χ2n) is 7.20. The minimum atomic E-state index is -0.668. The van der Waals surface area contributed by atoms with Crippen LogP contribution in [0.3, 0.4) is 0 Å². The third-order valence-electron chi connectivity index (χ3n) is 5.94. The number of benzene rings is 2. The third-order valence-corrected chi connectivity index (χ3v) is 5.94. The maximum atomic E-state index is 11.8. The molecule has 0 bridgehead atoms. The van der Waals surface area contributed by atoms with Gasteiger partial charge in [0.15, 0.2) is 0 Å². The van der Waals surface area contributed by atoms with Gasteiger partial charge in [0.2, 0.25) is 0 Å². The van der Waals surface area contributed by atoms with E-state index in [2.05, 4.69) is 55.5 Å². The molecular formula is C21H24O. The van der Waals surface area contributed by atoms with Gasteiger partial charge in [0.05, 0.1) is 5.60 Å². The summed E-state index contributed by atoms with van der Waals surface area (Å²) in [6, 6.07) is 17.3. The normalized spacial score (nSPS) is 24.5. The first kappa shape index (κ1) is 14.0. The van der Waals surface area contributed by atoms with E-state index in [-0.39, 0.29) is 5.41 Å². The van der Waals surface area contributed by atoms with Gasteiger partial charge in [-0.05, 0) is 47.9 Å². The molecule has 22 heavy (non-hydrogen) atoms. The van der Waals surface area contributed by atoms with E-state index in [4.69, 9.17) is 0 Å². The molecule has 2 aromatic carbocycles. The minimum Gasteiger partial charge on any atom is -0.385 e. The van der Waals surface area contributed by atoms with Crippen LogP contribution in [0.5, 0.6) is 0 Å². The fraction of sp³-hybridized carbons (Fsp3) is 0.429. The van der Waals surface area contributed by atoms with Gasteiger partial charge in [0.1, 0.15) is 0 Å². The molecule has 0 aliphatic heterocycles. The van der Waals surface area contributed by atoms with Crippen LogP contribution in [0, 0.1) is 5.41 Å². The molecule has 0 saturated carbocycles. The van der Waals surface area contributed by atoms with Crippen molar-refractivity contribution in [2.75, 3.05) is 0 Å². The van der Waals surface area contributed by atoms with Crippen LogP contribution < -0.4 is 0 Å². The Morgan fingerprint density at radius 1 is 0.864 bits per heavy atom. The Morgan fingerprint density at radius 2 is 1.41 bits per heavy atom. The number of hydrogen-bond donors (Lipinski definition) is 1. The summed E-state index contributed by atoms with van der Waals surface area (Å²) in [7, 11) is 0. The highest BCUT2D eigenvalue weighted by Gasteiger charge is 2.58. The lowest BCUT2D eigenvalue weighted by Crippen LogP contribution is -2.43. The molecule has 0 amide bonds. The molecule has 1 spiro atoms. The molecule has 1 unspecified atom stereocenters. The first-order valence-corrected chi connectivity index (χ1v) is 8.56. The number of aliphatic hydroxyl groups is 1. The maximum Gasteiger partial charge on any atom is 0.0964 e. The fourth-order valence-electron chi connectivity index (χ4n) is 4.82. The molecule has 0 aromatic heterocycles. The summed E-state index contributed by atoms with van der Waals surface area (Å²) in [5.74, 6) is 0. The summed E-state index contributed by atoms with van der Waals surface area (Å²) in [5, 5.41) is 11.8. The number of unbranched alkanes of at least 4 members (excludes halogenated alkanes) is 1. The van der Waals surface area contributed by atoms with Gasteiger partial charge in [-0.2, -0.15) is 0 Å². The second-order valence-corrected chi connectivity index (χ2v) is 7.20. The van der Waals surface area contributed by atoms with Crippen molar-refractivity contribution in [3.8, 4) is 0 Å². The van der Waals surface area contributed by atoms with E-state index in [1.165, 1.54) is 22.3 Å². The van der Waals surface area contributed by atoms with Crippen LogP contribution in [0.1, 0.15) is 48.4 Å². The molecule has 0 fully saturated rings. The average Bonchev–Trinajstić information content (AvgIpc) is 3.02. The molecule has 0 heterocycles. The van der Waals surface area contributed by atoms with E-state index >= 15 is 0 Å². The van der Waals surface area contributed by atoms with Gasteiger partial charge in [-0.25, -0.2) is 0 Å². The van der Waals surface area contributed by atoms with E-state index in [0.29, 0.717) is 0 Å². The average molecular weight is 292 g/mol. The van der Waals surface area contributed by atoms with Gasteiger partial charge < -0.3 is 5.11 Å². The van der Waals surface area contributed by atoms with Crippen molar-refractivity contribution in [3.05, 3.63) is 70.8 Å². The Labute approximate surface area is 133 Å². The van der Waals surface area contributed by atoms with Crippen molar-refractivity contribution < 1.29 is 5.11 Å². The van der Waals surface area contributed by atoms with Crippen molar-refractivity contribution in [1.82, 2.24) is 0 Å². The standard InChI is InChI=1S/C21H24O/c1-2-3-12-21(22)19-11-7-6-10-18(19)15-20(21)13-16-8-4-5-9-17(16)14-20/h4-11,22H,2-3,12-15H2,1H3. The molecule has 0 radical (unpaired) electrons. The first-order valence-electron chi connectivity index (χ1n) is 8.56. The lowest BCUT2D eigenvalue weighted by Gasteiger charge is -2.40. The Bertz CT molecular complexity index is 672. The van der Waals surface area contributed by atoms with E-state index in [1.807, 2.05) is 0 Å². The summed E-state index contributed by atoms with van der Waals surface area (Å²) in [5.41, 5.74) is 4.72. The predicted octanol–water partition coefficient (Wildman–Crippen LogP) is 4.41. The number of fused-ring (bicyclic) bond motifs is 2. The van der Waals surface area contributed by atoms with Gasteiger partial charge >= 0.3 is 0 Å². The van der Waals surface area contributed by atoms with E-state index in [1.54, 1.807) is 0 Å². The van der Waals surface area contributed by atoms with Crippen LogP contribution in [0.4, 0.5) is 0 Å². The molecule has 2 aliphatic rings. The Hall–Kier alpha value is -1.60. The highest BCUT2D eigenvalue weighted by atomic mass is 16.3. The van der Waals surface area contributed by atoms with E-state index < -0.39 is 5.60 Å². The zero-order valence-electron chi connectivity index (χ0n) is 13.3. The maximum absolute atomic E-state index is 11.8. The van der Waals surface area contributed by atoms with Crippen LogP contribution in [0.15, 0.2) is 48.5 Å². The van der Waals surface area contributed by atoms with Gasteiger partial charge in [-0.15, -0.1) is 0 Å². The lowest BCUT2D eigenvalue weighted by atomic mass is 9.68. The molecular weight excluding hydrogens is 268 g/mol. The van der Waals surface area contributed by atoms with Crippen molar-refractivity contribution in [2.24, 2.45) is 5.41 Å². The Balaban J connectivity index is 1.80. The smallest absolute Gasteiger partial charge is 0.0964 e. The second kappa shape index (κ2) is 4.96. The molecule has 4 rings (SSSR count). The fourth-order valence-corrected chi connectivity index (χ4v) is 4.82. The molecule has 114 valence electrons. The van der Waals surface area contributed by atoms with Crippen molar-refractivity contribution in [2.45, 2.75) is 51.0 Å². The van der Waals surface area contributed by atoms with Crippen LogP contribution >= 0.6 is 0 Å². The SMILES string of the molecule is CCCCC1(O)c2ccccc2CC12Cc1ccccc1C2. The molecule has 1 atom stereocenters. The molecule has 0 saturated heterocycles. The van der Waals surface area contributed by atoms with Crippen LogP contribution in [-0.2, 0) is 24.9 Å². The summed E-state index contributed by atoms with van der Waals surface area (Å²) in [6.07, 6.45) is 6.14. The first-order chi connectivity index (χ1) is 10.7. The minimum absolute atomic E-state index is 0.0322. The molecule has 2 aliphatic carbocycles. The van der Waals surface area contributed by atoms with Gasteiger partial charge in [0, 0.05) is 5.41 Å². The predicted molar refractivity (Wildman–Crippen MR) is 89.9 cm³/mol. The zero-order valence-corrected chi connectivity index (χ0v) is 13.3. The van der Waals surface area contributed by atoms with Crippen LogP contribution in [0.25, 0.3) is 0 Å². The summed E-state index contributed by atoms with van der Waals surface area (Å²) < 4.78 is 0. The largest absolute Gasteiger partial charge is 0.385 e. The molecule has 2 aromatic rings. The monoisotopic (exact) mass is 292 g/mol. The quantitative estimate of drug-likeness (QED) is 0.888. The van der Waals surface area contributed by atoms with E-state index in [9.17, 15) is 5.11 Å². The molecule has 1 nitrogen and oxygen atoms in total. The van der Waals surface area contributed by atoms with Gasteiger partial charge in [0.25, 0.3) is 0 Å². The highest BCUT2D eigenvalue weighted by Crippen LogP contribution is 2.58. The topological polar surface area (TPSA) is 20.2 Å². The number of rotatable bonds is 3. The van der Waals surface area contributed by atoms with Crippen LogP contribution in [0.2, 0.25) is 0 Å².